The number of benzene rings is 2. The molecule has 2 aliphatic rings. The van der Waals surface area contributed by atoms with Crippen molar-refractivity contribution in [2.45, 2.75) is 25.4 Å². The number of hydrogen-bond donors (Lipinski definition) is 1. The first-order chi connectivity index (χ1) is 12.1. The number of fused-ring (bicyclic) bond motifs is 1. The molecule has 1 saturated heterocycles. The summed E-state index contributed by atoms with van der Waals surface area (Å²) < 4.78 is 32.9. The van der Waals surface area contributed by atoms with Crippen molar-refractivity contribution in [1.82, 2.24) is 10.2 Å². The van der Waals surface area contributed by atoms with Crippen molar-refractivity contribution in [3.63, 3.8) is 0 Å². The van der Waals surface area contributed by atoms with E-state index >= 15 is 0 Å². The van der Waals surface area contributed by atoms with Gasteiger partial charge < -0.3 is 10.1 Å². The summed E-state index contributed by atoms with van der Waals surface area (Å²) in [5.74, 6) is -1.18. The fraction of sp³-hybridized carbons (Fsp3) is 0.400. The quantitative estimate of drug-likeness (QED) is 0.898. The summed E-state index contributed by atoms with van der Waals surface area (Å²) in [6.07, 6.45) is 0.790. The molecule has 25 heavy (non-hydrogen) atoms. The van der Waals surface area contributed by atoms with Gasteiger partial charge in [0.05, 0.1) is 6.61 Å². The number of nitrogens with zero attached hydrogens (tertiary/aromatic N) is 1. The van der Waals surface area contributed by atoms with E-state index in [-0.39, 0.29) is 12.1 Å². The summed E-state index contributed by atoms with van der Waals surface area (Å²) in [6, 6.07) is 11.2. The Morgan fingerprint density at radius 2 is 1.92 bits per heavy atom. The van der Waals surface area contributed by atoms with E-state index in [0.29, 0.717) is 12.4 Å². The minimum absolute atomic E-state index is 0.0625. The molecule has 2 atom stereocenters. The minimum atomic E-state index is -0.850. The zero-order chi connectivity index (χ0) is 17.4. The largest absolute Gasteiger partial charge is 0.493 e. The van der Waals surface area contributed by atoms with Gasteiger partial charge in [-0.05, 0) is 24.1 Å². The average molecular weight is 344 g/mol. The molecule has 0 saturated carbocycles. The average Bonchev–Trinajstić information content (AvgIpc) is 2.63. The van der Waals surface area contributed by atoms with Crippen LogP contribution in [-0.2, 0) is 0 Å². The zero-order valence-corrected chi connectivity index (χ0v) is 14.3. The molecule has 1 fully saturated rings. The lowest BCUT2D eigenvalue weighted by Crippen LogP contribution is -2.48. The van der Waals surface area contributed by atoms with Gasteiger partial charge in [-0.1, -0.05) is 24.3 Å². The second-order valence-corrected chi connectivity index (χ2v) is 6.82. The highest BCUT2D eigenvalue weighted by molar-refractivity contribution is 5.39. The number of piperazine rings is 1. The molecule has 2 aromatic rings. The number of rotatable bonds is 2. The maximum atomic E-state index is 13.8. The van der Waals surface area contributed by atoms with Crippen LogP contribution >= 0.6 is 0 Å². The Balaban J connectivity index is 1.61. The molecular weight excluding hydrogens is 322 g/mol. The van der Waals surface area contributed by atoms with Gasteiger partial charge in [0.1, 0.15) is 5.75 Å². The number of nitrogens with one attached hydrogen (secondary N) is 1. The third-order valence-electron chi connectivity index (χ3n) is 5.27. The molecule has 0 radical (unpaired) electrons. The molecule has 3 nitrogen and oxygen atoms in total. The van der Waals surface area contributed by atoms with Crippen molar-refractivity contribution in [3.8, 4) is 5.75 Å². The smallest absolute Gasteiger partial charge is 0.162 e. The summed E-state index contributed by atoms with van der Waals surface area (Å²) >= 11 is 0. The van der Waals surface area contributed by atoms with E-state index in [4.69, 9.17) is 4.74 Å². The predicted octanol–water partition coefficient (Wildman–Crippen LogP) is 3.74. The van der Waals surface area contributed by atoms with Crippen molar-refractivity contribution >= 4 is 0 Å². The summed E-state index contributed by atoms with van der Waals surface area (Å²) in [5, 5.41) is 3.58. The number of ether oxygens (including phenoxy) is 1. The van der Waals surface area contributed by atoms with Crippen molar-refractivity contribution in [2.75, 3.05) is 26.2 Å². The molecule has 2 aliphatic heterocycles. The van der Waals surface area contributed by atoms with Crippen LogP contribution in [-0.4, -0.2) is 31.1 Å². The predicted molar refractivity (Wildman–Crippen MR) is 92.7 cm³/mol. The Kier molecular flexibility index (Phi) is 4.44. The van der Waals surface area contributed by atoms with Crippen LogP contribution in [0, 0.1) is 18.6 Å². The summed E-state index contributed by atoms with van der Waals surface area (Å²) in [6.45, 7) is 5.24. The van der Waals surface area contributed by atoms with Gasteiger partial charge in [-0.3, -0.25) is 4.90 Å². The van der Waals surface area contributed by atoms with Crippen LogP contribution < -0.4 is 10.1 Å². The molecule has 2 aromatic carbocycles. The molecule has 0 aliphatic carbocycles. The van der Waals surface area contributed by atoms with Crippen LogP contribution in [0.25, 0.3) is 0 Å². The Bertz CT molecular complexity index is 780. The molecule has 132 valence electrons. The number of aryl methyl sites for hydroxylation is 1. The highest BCUT2D eigenvalue weighted by atomic mass is 19.2. The SMILES string of the molecule is Cc1ccccc1[C@@H]1CN([C@@H]2CCOc3cc(F)c(F)cc32)CCN1. The Labute approximate surface area is 146 Å². The standard InChI is InChI=1S/C20H22F2N2O/c1-13-4-2-3-5-14(13)18-12-24(8-7-23-18)19-6-9-25-20-11-17(22)16(21)10-15(19)20/h2-5,10-11,18-19,23H,6-9,12H2,1H3/t18-,19+/m0/s1. The van der Waals surface area contributed by atoms with Gasteiger partial charge in [-0.15, -0.1) is 0 Å². The number of hydrogen-bond acceptors (Lipinski definition) is 3. The third kappa shape index (κ3) is 3.14. The third-order valence-corrected chi connectivity index (χ3v) is 5.27. The van der Waals surface area contributed by atoms with Gasteiger partial charge in [0.15, 0.2) is 11.6 Å². The highest BCUT2D eigenvalue weighted by Crippen LogP contribution is 2.38. The molecule has 0 unspecified atom stereocenters. The van der Waals surface area contributed by atoms with Crippen LogP contribution in [0.5, 0.6) is 5.75 Å². The van der Waals surface area contributed by atoms with E-state index in [1.165, 1.54) is 23.3 Å². The topological polar surface area (TPSA) is 24.5 Å². The fourth-order valence-corrected chi connectivity index (χ4v) is 3.99. The molecule has 1 N–H and O–H groups in total. The second kappa shape index (κ2) is 6.73. The van der Waals surface area contributed by atoms with Crippen molar-refractivity contribution in [3.05, 3.63) is 64.7 Å². The lowest BCUT2D eigenvalue weighted by Gasteiger charge is -2.41. The minimum Gasteiger partial charge on any atom is -0.493 e. The van der Waals surface area contributed by atoms with Crippen LogP contribution in [0.1, 0.15) is 35.2 Å². The normalized spacial score (nSPS) is 23.8. The summed E-state index contributed by atoms with van der Waals surface area (Å²) in [7, 11) is 0. The molecule has 0 amide bonds. The number of halogens is 2. The first-order valence-corrected chi connectivity index (χ1v) is 8.78. The molecule has 0 aromatic heterocycles. The van der Waals surface area contributed by atoms with Gasteiger partial charge in [0, 0.05) is 49.8 Å². The van der Waals surface area contributed by atoms with Crippen LogP contribution in [0.15, 0.2) is 36.4 Å². The van der Waals surface area contributed by atoms with E-state index in [2.05, 4.69) is 35.3 Å². The van der Waals surface area contributed by atoms with Gasteiger partial charge in [-0.2, -0.15) is 0 Å². The Hall–Kier alpha value is -1.98. The van der Waals surface area contributed by atoms with E-state index in [1.54, 1.807) is 0 Å². The van der Waals surface area contributed by atoms with Crippen LogP contribution in [0.2, 0.25) is 0 Å². The molecule has 0 bridgehead atoms. The maximum absolute atomic E-state index is 13.8. The lowest BCUT2D eigenvalue weighted by molar-refractivity contribution is 0.106. The van der Waals surface area contributed by atoms with Gasteiger partial charge in [0.2, 0.25) is 0 Å². The van der Waals surface area contributed by atoms with Gasteiger partial charge >= 0.3 is 0 Å². The molecule has 5 heteroatoms. The van der Waals surface area contributed by atoms with E-state index in [0.717, 1.165) is 31.6 Å². The van der Waals surface area contributed by atoms with Crippen LogP contribution in [0.3, 0.4) is 0 Å². The Morgan fingerprint density at radius 3 is 2.76 bits per heavy atom. The van der Waals surface area contributed by atoms with E-state index < -0.39 is 11.6 Å². The first kappa shape index (κ1) is 16.5. The summed E-state index contributed by atoms with van der Waals surface area (Å²) in [5.41, 5.74) is 3.32. The molecule has 0 spiro atoms. The second-order valence-electron chi connectivity index (χ2n) is 6.82. The van der Waals surface area contributed by atoms with Crippen LogP contribution in [0.4, 0.5) is 8.78 Å². The van der Waals surface area contributed by atoms with Gasteiger partial charge in [-0.25, -0.2) is 8.78 Å². The first-order valence-electron chi connectivity index (χ1n) is 8.78. The molecule has 2 heterocycles. The zero-order valence-electron chi connectivity index (χ0n) is 14.3. The maximum Gasteiger partial charge on any atom is 0.162 e. The van der Waals surface area contributed by atoms with Gasteiger partial charge in [0.25, 0.3) is 0 Å². The summed E-state index contributed by atoms with van der Waals surface area (Å²) in [4.78, 5) is 2.37. The molecule has 4 rings (SSSR count). The monoisotopic (exact) mass is 344 g/mol. The van der Waals surface area contributed by atoms with Crippen molar-refractivity contribution < 1.29 is 13.5 Å². The highest BCUT2D eigenvalue weighted by Gasteiger charge is 2.32. The fourth-order valence-electron chi connectivity index (χ4n) is 3.99. The lowest BCUT2D eigenvalue weighted by atomic mass is 9.94. The molecular formula is C20H22F2N2O. The van der Waals surface area contributed by atoms with E-state index in [9.17, 15) is 8.78 Å². The van der Waals surface area contributed by atoms with Crippen molar-refractivity contribution in [2.24, 2.45) is 0 Å². The van der Waals surface area contributed by atoms with E-state index in [1.807, 2.05) is 6.07 Å². The Morgan fingerprint density at radius 1 is 1.12 bits per heavy atom. The van der Waals surface area contributed by atoms with Crippen molar-refractivity contribution in [1.29, 1.82) is 0 Å².